The molecule has 6 heteroatoms. The molecule has 0 saturated heterocycles. The van der Waals surface area contributed by atoms with E-state index in [1.54, 1.807) is 6.07 Å². The van der Waals surface area contributed by atoms with Crippen LogP contribution >= 0.6 is 45.2 Å². The van der Waals surface area contributed by atoms with Gasteiger partial charge < -0.3 is 10.1 Å². The first-order valence-corrected chi connectivity index (χ1v) is 6.46. The molecule has 0 heterocycles. The lowest BCUT2D eigenvalue weighted by atomic mass is 10.2. The van der Waals surface area contributed by atoms with Crippen molar-refractivity contribution in [2.24, 2.45) is 0 Å². The molecule has 16 heavy (non-hydrogen) atoms. The number of ether oxygens (including phenoxy) is 1. The predicted octanol–water partition coefficient (Wildman–Crippen LogP) is 2.64. The molecule has 0 aliphatic carbocycles. The lowest BCUT2D eigenvalue weighted by molar-refractivity contribution is -0.114. The Hall–Kier alpha value is -0.380. The minimum absolute atomic E-state index is 0.218. The second-order valence-electron chi connectivity index (χ2n) is 2.98. The highest BCUT2D eigenvalue weighted by molar-refractivity contribution is 14.1. The van der Waals surface area contributed by atoms with Gasteiger partial charge in [-0.15, -0.1) is 0 Å². The van der Waals surface area contributed by atoms with Gasteiger partial charge >= 0.3 is 5.97 Å². The highest BCUT2D eigenvalue weighted by atomic mass is 127. The first-order chi connectivity index (χ1) is 7.45. The molecule has 0 fully saturated rings. The van der Waals surface area contributed by atoms with Crippen molar-refractivity contribution in [3.63, 3.8) is 0 Å². The lowest BCUT2D eigenvalue weighted by Gasteiger charge is -2.11. The standard InChI is InChI=1S/C10H9I2NO3/c1-5(14)13-9-7(10(15)16-2)3-6(11)4-8(9)12/h3-4H,1-2H3,(H,13,14). The average molecular weight is 445 g/mol. The van der Waals surface area contributed by atoms with Crippen molar-refractivity contribution in [1.82, 2.24) is 0 Å². The molecule has 1 aromatic rings. The van der Waals surface area contributed by atoms with Crippen LogP contribution in [0.2, 0.25) is 0 Å². The highest BCUT2D eigenvalue weighted by Gasteiger charge is 2.16. The summed E-state index contributed by atoms with van der Waals surface area (Å²) in [5.41, 5.74) is 0.870. The molecule has 0 aliphatic rings. The van der Waals surface area contributed by atoms with Crippen molar-refractivity contribution in [2.45, 2.75) is 6.92 Å². The molecule has 0 bridgehead atoms. The molecule has 0 aromatic heterocycles. The monoisotopic (exact) mass is 445 g/mol. The Morgan fingerprint density at radius 2 is 1.94 bits per heavy atom. The smallest absolute Gasteiger partial charge is 0.340 e. The number of hydrogen-bond donors (Lipinski definition) is 1. The molecule has 1 N–H and O–H groups in total. The normalized spacial score (nSPS) is 9.75. The molecule has 0 unspecified atom stereocenters. The summed E-state index contributed by atoms with van der Waals surface area (Å²) in [6.07, 6.45) is 0. The minimum atomic E-state index is -0.458. The zero-order valence-electron chi connectivity index (χ0n) is 8.64. The van der Waals surface area contributed by atoms with Crippen molar-refractivity contribution < 1.29 is 14.3 Å². The van der Waals surface area contributed by atoms with E-state index >= 15 is 0 Å². The maximum absolute atomic E-state index is 11.5. The first kappa shape index (κ1) is 13.7. The summed E-state index contributed by atoms with van der Waals surface area (Å²) in [6.45, 7) is 1.40. The number of esters is 1. The van der Waals surface area contributed by atoms with Crippen LogP contribution in [0.5, 0.6) is 0 Å². The summed E-state index contributed by atoms with van der Waals surface area (Å²) >= 11 is 4.17. The van der Waals surface area contributed by atoms with Gasteiger partial charge in [0.25, 0.3) is 0 Å². The van der Waals surface area contributed by atoms with Crippen molar-refractivity contribution in [3.05, 3.63) is 24.8 Å². The number of carbonyl (C=O) groups is 2. The lowest BCUT2D eigenvalue weighted by Crippen LogP contribution is -2.13. The van der Waals surface area contributed by atoms with Gasteiger partial charge in [-0.2, -0.15) is 0 Å². The van der Waals surface area contributed by atoms with Crippen molar-refractivity contribution in [2.75, 3.05) is 12.4 Å². The number of hydrogen-bond acceptors (Lipinski definition) is 3. The predicted molar refractivity (Wildman–Crippen MR) is 77.5 cm³/mol. The number of rotatable bonds is 2. The maximum atomic E-state index is 11.5. The number of amides is 1. The molecular formula is C10H9I2NO3. The Labute approximate surface area is 120 Å². The van der Waals surface area contributed by atoms with Gasteiger partial charge in [-0.25, -0.2) is 4.79 Å². The van der Waals surface area contributed by atoms with Crippen LogP contribution in [0.15, 0.2) is 12.1 Å². The van der Waals surface area contributed by atoms with Crippen molar-refractivity contribution >= 4 is 62.7 Å². The Morgan fingerprint density at radius 3 is 2.44 bits per heavy atom. The molecule has 0 radical (unpaired) electrons. The highest BCUT2D eigenvalue weighted by Crippen LogP contribution is 2.26. The number of carbonyl (C=O) groups excluding carboxylic acids is 2. The Kier molecular flexibility index (Phi) is 4.96. The van der Waals surface area contributed by atoms with E-state index in [0.29, 0.717) is 11.3 Å². The van der Waals surface area contributed by atoms with E-state index in [1.807, 2.05) is 6.07 Å². The summed E-state index contributed by atoms with van der Waals surface area (Å²) < 4.78 is 6.39. The van der Waals surface area contributed by atoms with Crippen LogP contribution < -0.4 is 5.32 Å². The molecule has 1 amide bonds. The second kappa shape index (κ2) is 5.80. The average Bonchev–Trinajstić information content (AvgIpc) is 2.20. The fraction of sp³-hybridized carbons (Fsp3) is 0.200. The van der Waals surface area contributed by atoms with Crippen LogP contribution in [-0.2, 0) is 9.53 Å². The number of methoxy groups -OCH3 is 1. The maximum Gasteiger partial charge on any atom is 0.340 e. The van der Waals surface area contributed by atoms with Gasteiger partial charge in [0.1, 0.15) is 0 Å². The van der Waals surface area contributed by atoms with Crippen molar-refractivity contribution in [1.29, 1.82) is 0 Å². The third-order valence-corrected chi connectivity index (χ3v) is 3.23. The van der Waals surface area contributed by atoms with Gasteiger partial charge in [-0.1, -0.05) is 0 Å². The van der Waals surface area contributed by atoms with E-state index in [2.05, 4.69) is 55.2 Å². The SMILES string of the molecule is COC(=O)c1cc(I)cc(I)c1NC(C)=O. The zero-order valence-corrected chi connectivity index (χ0v) is 13.0. The molecule has 4 nitrogen and oxygen atoms in total. The van der Waals surface area contributed by atoms with Crippen LogP contribution in [0, 0.1) is 7.14 Å². The molecule has 1 aromatic carbocycles. The largest absolute Gasteiger partial charge is 0.465 e. The third-order valence-electron chi connectivity index (χ3n) is 1.76. The Balaban J connectivity index is 3.31. The second-order valence-corrected chi connectivity index (χ2v) is 5.39. The van der Waals surface area contributed by atoms with Crippen LogP contribution in [-0.4, -0.2) is 19.0 Å². The zero-order chi connectivity index (χ0) is 12.3. The number of nitrogens with one attached hydrogen (secondary N) is 1. The molecule has 0 atom stereocenters. The summed E-state index contributed by atoms with van der Waals surface area (Å²) in [7, 11) is 1.31. The number of halogens is 2. The third kappa shape index (κ3) is 3.30. The van der Waals surface area contributed by atoms with Gasteiger partial charge in [0, 0.05) is 14.1 Å². The molecule has 0 aliphatic heterocycles. The molecule has 0 spiro atoms. The van der Waals surface area contributed by atoms with Gasteiger partial charge in [0.05, 0.1) is 18.4 Å². The van der Waals surface area contributed by atoms with Crippen LogP contribution in [0.1, 0.15) is 17.3 Å². The molecule has 86 valence electrons. The summed E-state index contributed by atoms with van der Waals surface area (Å²) in [4.78, 5) is 22.6. The molecule has 1 rings (SSSR count). The topological polar surface area (TPSA) is 55.4 Å². The Morgan fingerprint density at radius 1 is 1.31 bits per heavy atom. The summed E-state index contributed by atoms with van der Waals surface area (Å²) in [5.74, 6) is -0.676. The van der Waals surface area contributed by atoms with Gasteiger partial charge in [-0.3, -0.25) is 4.79 Å². The number of anilines is 1. The van der Waals surface area contributed by atoms with Gasteiger partial charge in [0.2, 0.25) is 5.91 Å². The minimum Gasteiger partial charge on any atom is -0.465 e. The fourth-order valence-corrected chi connectivity index (χ4v) is 3.13. The van der Waals surface area contributed by atoms with E-state index in [4.69, 9.17) is 0 Å². The van der Waals surface area contributed by atoms with E-state index < -0.39 is 5.97 Å². The van der Waals surface area contributed by atoms with Crippen LogP contribution in [0.4, 0.5) is 5.69 Å². The fourth-order valence-electron chi connectivity index (χ4n) is 1.15. The summed E-state index contributed by atoms with van der Waals surface area (Å²) in [6, 6.07) is 3.55. The van der Waals surface area contributed by atoms with Gasteiger partial charge in [-0.05, 0) is 57.3 Å². The van der Waals surface area contributed by atoms with E-state index in [1.165, 1.54) is 14.0 Å². The Bertz CT molecular complexity index is 446. The van der Waals surface area contributed by atoms with E-state index in [-0.39, 0.29) is 5.91 Å². The van der Waals surface area contributed by atoms with Crippen molar-refractivity contribution in [3.8, 4) is 0 Å². The number of benzene rings is 1. The van der Waals surface area contributed by atoms with E-state index in [0.717, 1.165) is 7.14 Å². The van der Waals surface area contributed by atoms with Gasteiger partial charge in [0.15, 0.2) is 0 Å². The van der Waals surface area contributed by atoms with E-state index in [9.17, 15) is 9.59 Å². The molecule has 0 saturated carbocycles. The quantitative estimate of drug-likeness (QED) is 0.563. The van der Waals surface area contributed by atoms with Crippen LogP contribution in [0.25, 0.3) is 0 Å². The first-order valence-electron chi connectivity index (χ1n) is 4.30. The summed E-state index contributed by atoms with van der Waals surface area (Å²) in [5, 5.41) is 2.63. The van der Waals surface area contributed by atoms with Crippen LogP contribution in [0.3, 0.4) is 0 Å². The molecular weight excluding hydrogens is 436 g/mol.